The van der Waals surface area contributed by atoms with Crippen molar-refractivity contribution in [3.63, 3.8) is 0 Å². The van der Waals surface area contributed by atoms with Crippen LogP contribution >= 0.6 is 0 Å². The smallest absolute Gasteiger partial charge is 0.338 e. The topological polar surface area (TPSA) is 46.5 Å². The molecule has 23 heavy (non-hydrogen) atoms. The monoisotopic (exact) mass is 322 g/mol. The molecule has 3 aliphatic carbocycles. The Hall–Kier alpha value is -1.65. The van der Waals surface area contributed by atoms with Gasteiger partial charge in [-0.2, -0.15) is 0 Å². The first-order valence-electron chi connectivity index (χ1n) is 8.32. The zero-order valence-electron chi connectivity index (χ0n) is 12.9. The summed E-state index contributed by atoms with van der Waals surface area (Å²) in [7, 11) is 0. The van der Waals surface area contributed by atoms with Gasteiger partial charge in [0.15, 0.2) is 0 Å². The van der Waals surface area contributed by atoms with Gasteiger partial charge in [-0.15, -0.1) is 0 Å². The minimum Gasteiger partial charge on any atom is -0.493 e. The molecule has 1 aromatic rings. The van der Waals surface area contributed by atoms with Gasteiger partial charge in [0.25, 0.3) is 0 Å². The van der Waals surface area contributed by atoms with E-state index in [0.29, 0.717) is 31.1 Å². The first kappa shape index (κ1) is 14.9. The van der Waals surface area contributed by atoms with Gasteiger partial charge in [0.1, 0.15) is 17.7 Å². The Labute approximate surface area is 133 Å². The molecule has 3 unspecified atom stereocenters. The van der Waals surface area contributed by atoms with Crippen molar-refractivity contribution in [2.24, 2.45) is 11.3 Å². The van der Waals surface area contributed by atoms with Crippen LogP contribution in [0.1, 0.15) is 60.4 Å². The average molecular weight is 322 g/mol. The van der Waals surface area contributed by atoms with Crippen LogP contribution in [-0.4, -0.2) is 23.9 Å². The Morgan fingerprint density at radius 1 is 1.35 bits per heavy atom. The number of aromatic carboxylic acids is 1. The molecule has 5 heteroatoms. The summed E-state index contributed by atoms with van der Waals surface area (Å²) in [5.41, 5.74) is 0.571. The molecule has 0 aliphatic heterocycles. The normalized spacial score (nSPS) is 32.3. The van der Waals surface area contributed by atoms with Gasteiger partial charge in [0, 0.05) is 11.5 Å². The molecule has 4 rings (SSSR count). The Balaban J connectivity index is 1.53. The third kappa shape index (κ3) is 2.70. The average Bonchev–Trinajstić information content (AvgIpc) is 3.39. The van der Waals surface area contributed by atoms with Crippen LogP contribution < -0.4 is 4.74 Å². The van der Waals surface area contributed by atoms with E-state index in [1.165, 1.54) is 12.1 Å². The van der Waals surface area contributed by atoms with Crippen molar-refractivity contribution in [3.8, 4) is 5.75 Å². The lowest BCUT2D eigenvalue weighted by Gasteiger charge is -2.25. The van der Waals surface area contributed by atoms with E-state index in [1.54, 1.807) is 0 Å². The van der Waals surface area contributed by atoms with Crippen LogP contribution in [0.25, 0.3) is 0 Å². The van der Waals surface area contributed by atoms with E-state index in [-0.39, 0.29) is 16.9 Å². The van der Waals surface area contributed by atoms with Crippen molar-refractivity contribution in [1.29, 1.82) is 0 Å². The number of carboxylic acid groups (broad SMARTS) is 1. The summed E-state index contributed by atoms with van der Waals surface area (Å²) in [4.78, 5) is 11.1. The number of carboxylic acids is 1. The van der Waals surface area contributed by atoms with E-state index in [1.807, 2.05) is 0 Å². The zero-order chi connectivity index (χ0) is 16.2. The van der Waals surface area contributed by atoms with E-state index < -0.39 is 18.0 Å². The van der Waals surface area contributed by atoms with Crippen molar-refractivity contribution in [2.45, 2.75) is 50.6 Å². The molecular weight excluding hydrogens is 302 g/mol. The van der Waals surface area contributed by atoms with E-state index in [9.17, 15) is 13.6 Å². The van der Waals surface area contributed by atoms with Crippen molar-refractivity contribution in [3.05, 3.63) is 29.1 Å². The fraction of sp³-hybridized carbons (Fsp3) is 0.611. The van der Waals surface area contributed by atoms with Gasteiger partial charge < -0.3 is 9.84 Å². The van der Waals surface area contributed by atoms with E-state index >= 15 is 0 Å². The predicted octanol–water partition coefficient (Wildman–Crippen LogP) is 4.31. The summed E-state index contributed by atoms with van der Waals surface area (Å²) < 4.78 is 33.3. The lowest BCUT2D eigenvalue weighted by atomic mass is 9.88. The molecular formula is C18H20F2O3. The standard InChI is InChI=1S/C18H20F2O3/c19-12-3-4-18(8-11(18)5-12)9-23-16-7-15(20)14(17(21)22)6-13(16)10-1-2-10/h6-7,10-12H,1-5,8-9H2,(H,21,22). The molecule has 1 aromatic carbocycles. The van der Waals surface area contributed by atoms with E-state index in [4.69, 9.17) is 9.84 Å². The molecule has 0 amide bonds. The molecule has 1 N–H and O–H groups in total. The third-order valence-electron chi connectivity index (χ3n) is 5.72. The van der Waals surface area contributed by atoms with E-state index in [2.05, 4.69) is 0 Å². The molecule has 0 radical (unpaired) electrons. The molecule has 124 valence electrons. The lowest BCUT2D eigenvalue weighted by molar-refractivity contribution is 0.0691. The number of benzene rings is 1. The van der Waals surface area contributed by atoms with Crippen LogP contribution in [0.15, 0.2) is 12.1 Å². The van der Waals surface area contributed by atoms with Gasteiger partial charge in [-0.3, -0.25) is 0 Å². The van der Waals surface area contributed by atoms with Crippen LogP contribution in [-0.2, 0) is 0 Å². The predicted molar refractivity (Wildman–Crippen MR) is 80.1 cm³/mol. The van der Waals surface area contributed by atoms with Gasteiger partial charge in [-0.1, -0.05) is 0 Å². The molecule has 0 spiro atoms. The number of hydrogen-bond donors (Lipinski definition) is 1. The van der Waals surface area contributed by atoms with Gasteiger partial charge >= 0.3 is 5.97 Å². The number of carbonyl (C=O) groups is 1. The summed E-state index contributed by atoms with van der Waals surface area (Å²) >= 11 is 0. The highest BCUT2D eigenvalue weighted by molar-refractivity contribution is 5.88. The maximum absolute atomic E-state index is 14.0. The number of fused-ring (bicyclic) bond motifs is 1. The van der Waals surface area contributed by atoms with E-state index in [0.717, 1.165) is 31.2 Å². The first-order valence-corrected chi connectivity index (χ1v) is 8.32. The fourth-order valence-corrected chi connectivity index (χ4v) is 3.99. The highest BCUT2D eigenvalue weighted by Gasteiger charge is 2.57. The molecule has 0 aromatic heterocycles. The molecule has 0 heterocycles. The Morgan fingerprint density at radius 3 is 2.78 bits per heavy atom. The second kappa shape index (κ2) is 5.18. The molecule has 3 fully saturated rings. The maximum Gasteiger partial charge on any atom is 0.338 e. The van der Waals surface area contributed by atoms with Gasteiger partial charge in [0.05, 0.1) is 12.2 Å². The Morgan fingerprint density at radius 2 is 2.13 bits per heavy atom. The van der Waals surface area contributed by atoms with Crippen molar-refractivity contribution >= 4 is 5.97 Å². The van der Waals surface area contributed by atoms with Crippen LogP contribution in [0, 0.1) is 17.2 Å². The van der Waals surface area contributed by atoms with Crippen LogP contribution in [0.5, 0.6) is 5.75 Å². The van der Waals surface area contributed by atoms with Crippen LogP contribution in [0.4, 0.5) is 8.78 Å². The Kier molecular flexibility index (Phi) is 3.36. The summed E-state index contributed by atoms with van der Waals surface area (Å²) in [6, 6.07) is 2.64. The Bertz CT molecular complexity index is 656. The molecule has 3 aliphatic rings. The third-order valence-corrected chi connectivity index (χ3v) is 5.72. The number of halogens is 2. The highest BCUT2D eigenvalue weighted by atomic mass is 19.1. The summed E-state index contributed by atoms with van der Waals surface area (Å²) in [6.45, 7) is 0.482. The highest BCUT2D eigenvalue weighted by Crippen LogP contribution is 2.62. The van der Waals surface area contributed by atoms with Gasteiger partial charge in [-0.05, 0) is 62.0 Å². The first-order chi connectivity index (χ1) is 11.0. The molecule has 3 saturated carbocycles. The van der Waals surface area contributed by atoms with Gasteiger partial charge in [0.2, 0.25) is 0 Å². The van der Waals surface area contributed by atoms with Gasteiger partial charge in [-0.25, -0.2) is 13.6 Å². The quantitative estimate of drug-likeness (QED) is 0.879. The summed E-state index contributed by atoms with van der Waals surface area (Å²) in [6.07, 6.45) is 4.29. The molecule has 0 saturated heterocycles. The minimum atomic E-state index is -1.25. The second-order valence-corrected chi connectivity index (χ2v) is 7.37. The van der Waals surface area contributed by atoms with Crippen molar-refractivity contribution < 1.29 is 23.4 Å². The largest absolute Gasteiger partial charge is 0.493 e. The maximum atomic E-state index is 14.0. The number of ether oxygens (including phenoxy) is 1. The minimum absolute atomic E-state index is 0.0609. The number of rotatable bonds is 5. The summed E-state index contributed by atoms with van der Waals surface area (Å²) in [5.74, 6) is -0.874. The second-order valence-electron chi connectivity index (χ2n) is 7.37. The van der Waals surface area contributed by atoms with Crippen molar-refractivity contribution in [1.82, 2.24) is 0 Å². The zero-order valence-corrected chi connectivity index (χ0v) is 12.9. The van der Waals surface area contributed by atoms with Crippen LogP contribution in [0.2, 0.25) is 0 Å². The number of hydrogen-bond acceptors (Lipinski definition) is 2. The molecule has 0 bridgehead atoms. The fourth-order valence-electron chi connectivity index (χ4n) is 3.99. The SMILES string of the molecule is O=C(O)c1cc(C2CC2)c(OCC23CCC(F)CC2C3)cc1F. The lowest BCUT2D eigenvalue weighted by Crippen LogP contribution is -2.23. The molecule has 3 nitrogen and oxygen atoms in total. The number of alkyl halides is 1. The molecule has 3 atom stereocenters. The van der Waals surface area contributed by atoms with Crippen molar-refractivity contribution in [2.75, 3.05) is 6.61 Å². The summed E-state index contributed by atoms with van der Waals surface area (Å²) in [5, 5.41) is 9.07. The van der Waals surface area contributed by atoms with Crippen LogP contribution in [0.3, 0.4) is 0 Å².